The number of nitrogens with two attached hydrogens (primary N) is 1. The quantitative estimate of drug-likeness (QED) is 0.830. The van der Waals surface area contributed by atoms with E-state index in [1.165, 1.54) is 33.1 Å². The highest BCUT2D eigenvalue weighted by atomic mass is 32.2. The second-order valence-electron chi connectivity index (χ2n) is 4.84. The standard InChI is InChI=1S/C12H14N2O4S2/c1-12(2)11(15)14(20(12,16)17)8-5-4-7(10(13)19)6-9(8)18-3/h4-6H,1-3H3,(H2,13,19). The minimum absolute atomic E-state index is 0.160. The maximum absolute atomic E-state index is 12.2. The summed E-state index contributed by atoms with van der Waals surface area (Å²) in [6.45, 7) is 2.74. The van der Waals surface area contributed by atoms with Crippen molar-refractivity contribution in [2.75, 3.05) is 11.4 Å². The molecule has 8 heteroatoms. The molecular formula is C12H14N2O4S2. The van der Waals surface area contributed by atoms with Crippen molar-refractivity contribution in [2.45, 2.75) is 18.6 Å². The van der Waals surface area contributed by atoms with Crippen LogP contribution in [0.1, 0.15) is 19.4 Å². The first-order chi connectivity index (χ1) is 9.14. The molecule has 0 radical (unpaired) electrons. The summed E-state index contributed by atoms with van der Waals surface area (Å²) < 4.78 is 28.8. The average molecular weight is 314 g/mol. The highest BCUT2D eigenvalue weighted by Gasteiger charge is 2.61. The van der Waals surface area contributed by atoms with E-state index >= 15 is 0 Å². The number of sulfonamides is 1. The third kappa shape index (κ3) is 1.79. The number of anilines is 1. The molecule has 0 bridgehead atoms. The Hall–Kier alpha value is -1.67. The van der Waals surface area contributed by atoms with E-state index in [0.717, 1.165) is 4.31 Å². The Morgan fingerprint density at radius 2 is 2.00 bits per heavy atom. The molecule has 1 heterocycles. The number of carbonyl (C=O) groups is 1. The first-order valence-electron chi connectivity index (χ1n) is 5.71. The fourth-order valence-corrected chi connectivity index (χ4v) is 3.51. The summed E-state index contributed by atoms with van der Waals surface area (Å²) in [6.07, 6.45) is 0. The summed E-state index contributed by atoms with van der Waals surface area (Å²) in [5, 5.41) is 0. The summed E-state index contributed by atoms with van der Waals surface area (Å²) in [5.74, 6) is -0.276. The van der Waals surface area contributed by atoms with E-state index in [0.29, 0.717) is 5.56 Å². The Kier molecular flexibility index (Phi) is 3.26. The van der Waals surface area contributed by atoms with Crippen LogP contribution in [0.5, 0.6) is 5.75 Å². The molecule has 1 amide bonds. The zero-order valence-electron chi connectivity index (χ0n) is 11.2. The molecule has 0 spiro atoms. The van der Waals surface area contributed by atoms with Gasteiger partial charge >= 0.3 is 0 Å². The molecule has 20 heavy (non-hydrogen) atoms. The van der Waals surface area contributed by atoms with Crippen LogP contribution >= 0.6 is 12.2 Å². The van der Waals surface area contributed by atoms with Gasteiger partial charge in [-0.15, -0.1) is 0 Å². The van der Waals surface area contributed by atoms with Crippen LogP contribution in [0.4, 0.5) is 5.69 Å². The van der Waals surface area contributed by atoms with Crippen LogP contribution in [0.25, 0.3) is 0 Å². The summed E-state index contributed by atoms with van der Waals surface area (Å²) in [6, 6.07) is 4.51. The van der Waals surface area contributed by atoms with E-state index in [-0.39, 0.29) is 16.4 Å². The van der Waals surface area contributed by atoms with Crippen molar-refractivity contribution in [3.8, 4) is 5.75 Å². The van der Waals surface area contributed by atoms with Gasteiger partial charge in [-0.25, -0.2) is 12.7 Å². The molecule has 1 aliphatic rings. The first-order valence-corrected chi connectivity index (χ1v) is 7.56. The molecular weight excluding hydrogens is 300 g/mol. The molecule has 1 aromatic carbocycles. The molecule has 1 aromatic rings. The maximum atomic E-state index is 12.2. The van der Waals surface area contributed by atoms with Crippen LogP contribution in [0.2, 0.25) is 0 Å². The summed E-state index contributed by atoms with van der Waals surface area (Å²) >= 11 is 4.85. The SMILES string of the molecule is COc1cc(C(N)=S)ccc1N1C(=O)C(C)(C)S1(=O)=O. The number of hydrogen-bond acceptors (Lipinski definition) is 5. The molecule has 1 fully saturated rings. The lowest BCUT2D eigenvalue weighted by Crippen LogP contribution is -2.67. The maximum Gasteiger partial charge on any atom is 0.263 e. The lowest BCUT2D eigenvalue weighted by Gasteiger charge is -2.43. The van der Waals surface area contributed by atoms with Crippen LogP contribution < -0.4 is 14.8 Å². The highest BCUT2D eigenvalue weighted by Crippen LogP contribution is 2.43. The largest absolute Gasteiger partial charge is 0.495 e. The molecule has 0 aliphatic carbocycles. The van der Waals surface area contributed by atoms with Crippen molar-refractivity contribution in [1.82, 2.24) is 0 Å². The Morgan fingerprint density at radius 3 is 2.45 bits per heavy atom. The molecule has 0 aromatic heterocycles. The Balaban J connectivity index is 2.56. The second kappa shape index (κ2) is 4.42. The number of nitrogens with zero attached hydrogens (tertiary/aromatic N) is 1. The lowest BCUT2D eigenvalue weighted by atomic mass is 10.1. The predicted octanol–water partition coefficient (Wildman–Crippen LogP) is 0.784. The highest BCUT2D eigenvalue weighted by molar-refractivity contribution is 7.98. The number of methoxy groups -OCH3 is 1. The number of benzene rings is 1. The van der Waals surface area contributed by atoms with Crippen molar-refractivity contribution in [1.29, 1.82) is 0 Å². The molecule has 2 rings (SSSR count). The minimum Gasteiger partial charge on any atom is -0.495 e. The van der Waals surface area contributed by atoms with Crippen molar-refractivity contribution in [2.24, 2.45) is 5.73 Å². The number of amides is 1. The van der Waals surface area contributed by atoms with Gasteiger partial charge in [0.15, 0.2) is 4.75 Å². The normalized spacial score (nSPS) is 19.4. The molecule has 0 unspecified atom stereocenters. The summed E-state index contributed by atoms with van der Waals surface area (Å²) in [4.78, 5) is 12.2. The van der Waals surface area contributed by atoms with Crippen molar-refractivity contribution in [3.63, 3.8) is 0 Å². The summed E-state index contributed by atoms with van der Waals surface area (Å²) in [5.41, 5.74) is 6.21. The van der Waals surface area contributed by atoms with Gasteiger partial charge in [0.1, 0.15) is 16.4 Å². The van der Waals surface area contributed by atoms with E-state index in [1.54, 1.807) is 6.07 Å². The number of rotatable bonds is 3. The van der Waals surface area contributed by atoms with Crippen LogP contribution in [-0.4, -0.2) is 31.2 Å². The fourth-order valence-electron chi connectivity index (χ4n) is 1.89. The van der Waals surface area contributed by atoms with Crippen LogP contribution in [-0.2, 0) is 14.8 Å². The number of carbonyl (C=O) groups excluding carboxylic acids is 1. The summed E-state index contributed by atoms with van der Waals surface area (Å²) in [7, 11) is -2.35. The Morgan fingerprint density at radius 1 is 1.40 bits per heavy atom. The van der Waals surface area contributed by atoms with Gasteiger partial charge in [0.2, 0.25) is 0 Å². The molecule has 1 saturated heterocycles. The van der Waals surface area contributed by atoms with E-state index < -0.39 is 20.7 Å². The van der Waals surface area contributed by atoms with Crippen molar-refractivity contribution < 1.29 is 17.9 Å². The molecule has 108 valence electrons. The Bertz CT molecular complexity index is 710. The third-order valence-corrected chi connectivity index (χ3v) is 5.81. The van der Waals surface area contributed by atoms with Gasteiger partial charge < -0.3 is 10.5 Å². The van der Waals surface area contributed by atoms with Gasteiger partial charge in [-0.1, -0.05) is 12.2 Å². The third-order valence-electron chi connectivity index (χ3n) is 3.27. The molecule has 2 N–H and O–H groups in total. The van der Waals surface area contributed by atoms with E-state index in [2.05, 4.69) is 0 Å². The topological polar surface area (TPSA) is 89.7 Å². The van der Waals surface area contributed by atoms with E-state index in [1.807, 2.05) is 0 Å². The molecule has 0 saturated carbocycles. The smallest absolute Gasteiger partial charge is 0.263 e. The van der Waals surface area contributed by atoms with E-state index in [4.69, 9.17) is 22.7 Å². The number of hydrogen-bond donors (Lipinski definition) is 1. The predicted molar refractivity (Wildman–Crippen MR) is 79.4 cm³/mol. The average Bonchev–Trinajstić information content (AvgIpc) is 2.38. The lowest BCUT2D eigenvalue weighted by molar-refractivity contribution is -0.120. The number of thiocarbonyl (C=S) groups is 1. The number of ether oxygens (including phenoxy) is 1. The van der Waals surface area contributed by atoms with Crippen molar-refractivity contribution in [3.05, 3.63) is 23.8 Å². The van der Waals surface area contributed by atoms with Gasteiger partial charge in [-0.05, 0) is 32.0 Å². The molecule has 0 atom stereocenters. The molecule has 1 aliphatic heterocycles. The Labute approximate surface area is 122 Å². The van der Waals surface area contributed by atoms with Gasteiger partial charge in [-0.3, -0.25) is 4.79 Å². The van der Waals surface area contributed by atoms with Gasteiger partial charge in [0.25, 0.3) is 15.9 Å². The van der Waals surface area contributed by atoms with Gasteiger partial charge in [0.05, 0.1) is 7.11 Å². The van der Waals surface area contributed by atoms with Crippen LogP contribution in [0.15, 0.2) is 18.2 Å². The van der Waals surface area contributed by atoms with Gasteiger partial charge in [-0.2, -0.15) is 0 Å². The monoisotopic (exact) mass is 314 g/mol. The van der Waals surface area contributed by atoms with Crippen LogP contribution in [0, 0.1) is 0 Å². The molecule has 6 nitrogen and oxygen atoms in total. The fraction of sp³-hybridized carbons (Fsp3) is 0.333. The minimum atomic E-state index is -3.73. The first kappa shape index (κ1) is 14.7. The zero-order valence-corrected chi connectivity index (χ0v) is 12.8. The van der Waals surface area contributed by atoms with Crippen LogP contribution in [0.3, 0.4) is 0 Å². The van der Waals surface area contributed by atoms with Gasteiger partial charge in [0, 0.05) is 5.56 Å². The van der Waals surface area contributed by atoms with E-state index in [9.17, 15) is 13.2 Å². The van der Waals surface area contributed by atoms with Crippen molar-refractivity contribution >= 4 is 38.8 Å². The second-order valence-corrected chi connectivity index (χ2v) is 7.61. The zero-order chi connectivity index (χ0) is 15.3.